The normalized spacial score (nSPS) is 20.0. The highest BCUT2D eigenvalue weighted by Gasteiger charge is 2.37. The van der Waals surface area contributed by atoms with Gasteiger partial charge in [-0.3, -0.25) is 4.68 Å². The minimum Gasteiger partial charge on any atom is -0.454 e. The highest BCUT2D eigenvalue weighted by atomic mass is 32.2. The van der Waals surface area contributed by atoms with Gasteiger partial charge in [0.15, 0.2) is 11.5 Å². The zero-order valence-corrected chi connectivity index (χ0v) is 16.9. The van der Waals surface area contributed by atoms with E-state index in [4.69, 9.17) is 9.47 Å². The maximum Gasteiger partial charge on any atom is 0.246 e. The van der Waals surface area contributed by atoms with Gasteiger partial charge in [0, 0.05) is 19.1 Å². The highest BCUT2D eigenvalue weighted by molar-refractivity contribution is 7.89. The average Bonchev–Trinajstić information content (AvgIpc) is 3.32. The van der Waals surface area contributed by atoms with Crippen LogP contribution in [0.25, 0.3) is 0 Å². The Morgan fingerprint density at radius 3 is 2.63 bits per heavy atom. The Hall–Kier alpha value is -2.06. The zero-order valence-electron chi connectivity index (χ0n) is 16.1. The van der Waals surface area contributed by atoms with Gasteiger partial charge in [-0.05, 0) is 57.7 Å². The summed E-state index contributed by atoms with van der Waals surface area (Å²) in [5.74, 6) is 1.63. The van der Waals surface area contributed by atoms with Crippen LogP contribution >= 0.6 is 0 Å². The summed E-state index contributed by atoms with van der Waals surface area (Å²) in [5, 5.41) is 4.44. The van der Waals surface area contributed by atoms with Crippen LogP contribution in [0.5, 0.6) is 11.5 Å². The fourth-order valence-corrected chi connectivity index (χ4v) is 5.90. The number of fused-ring (bicyclic) bond motifs is 1. The van der Waals surface area contributed by atoms with E-state index >= 15 is 0 Å². The number of aromatic nitrogens is 2. The van der Waals surface area contributed by atoms with Crippen molar-refractivity contribution in [2.75, 3.05) is 19.9 Å². The second-order valence-corrected chi connectivity index (χ2v) is 9.37. The molecule has 146 valence electrons. The Balaban J connectivity index is 1.60. The molecule has 7 nitrogen and oxygen atoms in total. The lowest BCUT2D eigenvalue weighted by atomic mass is 9.98. The van der Waals surface area contributed by atoms with Gasteiger partial charge in [-0.2, -0.15) is 9.40 Å². The molecule has 1 aromatic carbocycles. The largest absolute Gasteiger partial charge is 0.454 e. The summed E-state index contributed by atoms with van der Waals surface area (Å²) in [4.78, 5) is 0.350. The van der Waals surface area contributed by atoms with Crippen molar-refractivity contribution in [2.24, 2.45) is 0 Å². The van der Waals surface area contributed by atoms with Crippen LogP contribution in [0.4, 0.5) is 0 Å². The maximum absolute atomic E-state index is 13.3. The van der Waals surface area contributed by atoms with Crippen molar-refractivity contribution in [3.63, 3.8) is 0 Å². The molecular formula is C19H25N3O4S. The second kappa shape index (κ2) is 6.53. The molecule has 1 aromatic heterocycles. The van der Waals surface area contributed by atoms with E-state index in [1.54, 1.807) is 15.9 Å². The molecule has 0 bridgehead atoms. The van der Waals surface area contributed by atoms with Crippen molar-refractivity contribution in [2.45, 2.75) is 51.0 Å². The number of rotatable bonds is 4. The number of sulfonamides is 1. The standard InChI is InChI=1S/C19H25N3O4S/c1-12(2)22-14(4)19(13(3)20-22)27(23,24)21-8-7-16(10-21)15-5-6-17-18(9-15)26-11-25-17/h5-6,9,12,16H,7-8,10-11H2,1-4H3/t16-/m1/s1. The molecule has 27 heavy (non-hydrogen) atoms. The number of aryl methyl sites for hydroxylation is 1. The lowest BCUT2D eigenvalue weighted by molar-refractivity contribution is 0.174. The Kier molecular flexibility index (Phi) is 4.43. The second-order valence-electron chi connectivity index (χ2n) is 7.50. The van der Waals surface area contributed by atoms with Crippen molar-refractivity contribution >= 4 is 10.0 Å². The number of hydrogen-bond acceptors (Lipinski definition) is 5. The molecule has 0 spiro atoms. The summed E-state index contributed by atoms with van der Waals surface area (Å²) in [5.41, 5.74) is 2.35. The number of benzene rings is 1. The van der Waals surface area contributed by atoms with E-state index in [9.17, 15) is 8.42 Å². The topological polar surface area (TPSA) is 73.7 Å². The van der Waals surface area contributed by atoms with Gasteiger partial charge in [-0.1, -0.05) is 6.07 Å². The van der Waals surface area contributed by atoms with Crippen molar-refractivity contribution in [1.29, 1.82) is 0 Å². The number of ether oxygens (including phenoxy) is 2. The molecule has 4 rings (SSSR count). The molecular weight excluding hydrogens is 366 g/mol. The summed E-state index contributed by atoms with van der Waals surface area (Å²) in [6.45, 7) is 8.81. The lowest BCUT2D eigenvalue weighted by Crippen LogP contribution is -2.29. The third kappa shape index (κ3) is 3.00. The van der Waals surface area contributed by atoms with E-state index in [1.165, 1.54) is 0 Å². The van der Waals surface area contributed by atoms with E-state index in [2.05, 4.69) is 5.10 Å². The molecule has 0 radical (unpaired) electrons. The summed E-state index contributed by atoms with van der Waals surface area (Å²) in [7, 11) is -3.57. The maximum atomic E-state index is 13.3. The van der Waals surface area contributed by atoms with Crippen LogP contribution in [0.1, 0.15) is 49.2 Å². The third-order valence-corrected chi connectivity index (χ3v) is 7.48. The van der Waals surface area contributed by atoms with Gasteiger partial charge in [0.1, 0.15) is 4.90 Å². The highest BCUT2D eigenvalue weighted by Crippen LogP contribution is 2.38. The molecule has 3 heterocycles. The van der Waals surface area contributed by atoms with Crippen LogP contribution in [-0.4, -0.2) is 42.4 Å². The van der Waals surface area contributed by atoms with Gasteiger partial charge in [0.05, 0.1) is 11.4 Å². The predicted octanol–water partition coefficient (Wildman–Crippen LogP) is 2.99. The fraction of sp³-hybridized carbons (Fsp3) is 0.526. The van der Waals surface area contributed by atoms with E-state index in [0.29, 0.717) is 29.4 Å². The van der Waals surface area contributed by atoms with Crippen LogP contribution in [0, 0.1) is 13.8 Å². The van der Waals surface area contributed by atoms with Crippen molar-refractivity contribution in [1.82, 2.24) is 14.1 Å². The summed E-state index contributed by atoms with van der Waals surface area (Å²) in [6.07, 6.45) is 0.787. The van der Waals surface area contributed by atoms with E-state index in [1.807, 2.05) is 39.0 Å². The van der Waals surface area contributed by atoms with Gasteiger partial charge >= 0.3 is 0 Å². The van der Waals surface area contributed by atoms with Gasteiger partial charge in [0.2, 0.25) is 16.8 Å². The average molecular weight is 391 g/mol. The van der Waals surface area contributed by atoms with Gasteiger partial charge < -0.3 is 9.47 Å². The Morgan fingerprint density at radius 2 is 1.93 bits per heavy atom. The monoisotopic (exact) mass is 391 g/mol. The Morgan fingerprint density at radius 1 is 1.19 bits per heavy atom. The first kappa shape index (κ1) is 18.3. The minimum atomic E-state index is -3.57. The predicted molar refractivity (Wildman–Crippen MR) is 101 cm³/mol. The summed E-state index contributed by atoms with van der Waals surface area (Å²) < 4.78 is 40.8. The van der Waals surface area contributed by atoms with Crippen molar-refractivity contribution in [3.8, 4) is 11.5 Å². The minimum absolute atomic E-state index is 0.118. The Bertz CT molecular complexity index is 981. The lowest BCUT2D eigenvalue weighted by Gasteiger charge is -2.17. The molecule has 0 unspecified atom stereocenters. The molecule has 2 aliphatic rings. The molecule has 8 heteroatoms. The van der Waals surface area contributed by atoms with Crippen LogP contribution in [0.2, 0.25) is 0 Å². The third-order valence-electron chi connectivity index (χ3n) is 5.36. The van der Waals surface area contributed by atoms with Gasteiger partial charge in [-0.15, -0.1) is 0 Å². The molecule has 2 aromatic rings. The van der Waals surface area contributed by atoms with Crippen molar-refractivity contribution < 1.29 is 17.9 Å². The van der Waals surface area contributed by atoms with E-state index in [-0.39, 0.29) is 18.8 Å². The van der Waals surface area contributed by atoms with E-state index in [0.717, 1.165) is 23.5 Å². The van der Waals surface area contributed by atoms with Gasteiger partial charge in [-0.25, -0.2) is 8.42 Å². The molecule has 0 amide bonds. The molecule has 1 fully saturated rings. The first-order valence-corrected chi connectivity index (χ1v) is 10.7. The first-order valence-electron chi connectivity index (χ1n) is 9.24. The molecule has 0 saturated carbocycles. The number of hydrogen-bond donors (Lipinski definition) is 0. The Labute approximate surface area is 159 Å². The van der Waals surface area contributed by atoms with Crippen LogP contribution in [0.15, 0.2) is 23.1 Å². The molecule has 0 aliphatic carbocycles. The van der Waals surface area contributed by atoms with Gasteiger partial charge in [0.25, 0.3) is 0 Å². The molecule has 0 N–H and O–H groups in total. The first-order chi connectivity index (χ1) is 12.8. The molecule has 1 saturated heterocycles. The fourth-order valence-electron chi connectivity index (χ4n) is 4.04. The smallest absolute Gasteiger partial charge is 0.246 e. The molecule has 2 aliphatic heterocycles. The summed E-state index contributed by atoms with van der Waals surface area (Å²) >= 11 is 0. The van der Waals surface area contributed by atoms with Crippen LogP contribution in [-0.2, 0) is 10.0 Å². The SMILES string of the molecule is Cc1nn(C(C)C)c(C)c1S(=O)(=O)N1CC[C@@H](c2ccc3c(c2)OCO3)C1. The quantitative estimate of drug-likeness (QED) is 0.801. The van der Waals surface area contributed by atoms with Crippen LogP contribution in [0.3, 0.4) is 0 Å². The van der Waals surface area contributed by atoms with E-state index < -0.39 is 10.0 Å². The van der Waals surface area contributed by atoms with Crippen molar-refractivity contribution in [3.05, 3.63) is 35.2 Å². The zero-order chi connectivity index (χ0) is 19.3. The number of nitrogens with zero attached hydrogens (tertiary/aromatic N) is 3. The van der Waals surface area contributed by atoms with Crippen LogP contribution < -0.4 is 9.47 Å². The molecule has 1 atom stereocenters. The summed E-state index contributed by atoms with van der Waals surface area (Å²) in [6, 6.07) is 5.99.